The summed E-state index contributed by atoms with van der Waals surface area (Å²) in [7, 11) is 0. The lowest BCUT2D eigenvalue weighted by Gasteiger charge is -2.09. The number of benzene rings is 1. The van der Waals surface area contributed by atoms with E-state index in [1.807, 2.05) is 6.92 Å². The Kier molecular flexibility index (Phi) is 4.07. The van der Waals surface area contributed by atoms with Crippen molar-refractivity contribution in [3.8, 4) is 0 Å². The molecule has 1 rings (SSSR count). The molecule has 1 aromatic carbocycles. The summed E-state index contributed by atoms with van der Waals surface area (Å²) in [6, 6.07) is 5.11. The predicted molar refractivity (Wildman–Crippen MR) is 65.1 cm³/mol. The van der Waals surface area contributed by atoms with Gasteiger partial charge in [0.1, 0.15) is 0 Å². The minimum atomic E-state index is -0.536. The summed E-state index contributed by atoms with van der Waals surface area (Å²) in [5.74, 6) is -0.243. The van der Waals surface area contributed by atoms with Crippen LogP contribution >= 0.6 is 11.6 Å². The van der Waals surface area contributed by atoms with Crippen molar-refractivity contribution in [3.05, 3.63) is 29.3 Å². The Morgan fingerprint density at radius 3 is 2.44 bits per heavy atom. The molecule has 1 N–H and O–H groups in total. The van der Waals surface area contributed by atoms with Gasteiger partial charge in [-0.25, -0.2) is 0 Å². The van der Waals surface area contributed by atoms with Crippen LogP contribution in [0.1, 0.15) is 29.8 Å². The molecule has 0 saturated carbocycles. The molecule has 0 bridgehead atoms. The molecule has 0 saturated heterocycles. The number of carbonyl (C=O) groups is 2. The average molecular weight is 240 g/mol. The van der Waals surface area contributed by atoms with Crippen LogP contribution in [0.5, 0.6) is 0 Å². The number of hydrogen-bond acceptors (Lipinski definition) is 2. The molecule has 0 radical (unpaired) electrons. The van der Waals surface area contributed by atoms with Crippen molar-refractivity contribution in [2.24, 2.45) is 0 Å². The maximum Gasteiger partial charge on any atom is 0.221 e. The maximum absolute atomic E-state index is 11.6. The lowest BCUT2D eigenvalue weighted by molar-refractivity contribution is -0.114. The van der Waals surface area contributed by atoms with Crippen molar-refractivity contribution in [1.82, 2.24) is 0 Å². The van der Waals surface area contributed by atoms with Gasteiger partial charge in [0.15, 0.2) is 5.78 Å². The molecule has 0 aliphatic carbocycles. The molecule has 1 amide bonds. The first-order chi connectivity index (χ1) is 7.41. The molecule has 1 unspecified atom stereocenters. The van der Waals surface area contributed by atoms with Gasteiger partial charge in [0.05, 0.1) is 5.38 Å². The number of carbonyl (C=O) groups excluding carboxylic acids is 2. The number of hydrogen-bond donors (Lipinski definition) is 1. The van der Waals surface area contributed by atoms with E-state index in [1.54, 1.807) is 25.1 Å². The van der Waals surface area contributed by atoms with E-state index in [-0.39, 0.29) is 11.7 Å². The monoisotopic (exact) mass is 239 g/mol. The highest BCUT2D eigenvalue weighted by atomic mass is 35.5. The number of Topliss-reactive ketones (excluding diaryl/α,β-unsaturated/α-hetero) is 1. The summed E-state index contributed by atoms with van der Waals surface area (Å²) in [5.41, 5.74) is 2.12. The van der Waals surface area contributed by atoms with Gasteiger partial charge in [-0.05, 0) is 37.6 Å². The summed E-state index contributed by atoms with van der Waals surface area (Å²) in [6.07, 6.45) is 0. The van der Waals surface area contributed by atoms with E-state index in [4.69, 9.17) is 11.6 Å². The first-order valence-electron chi connectivity index (χ1n) is 4.98. The lowest BCUT2D eigenvalue weighted by atomic mass is 10.0. The zero-order chi connectivity index (χ0) is 12.3. The fourth-order valence-electron chi connectivity index (χ4n) is 1.38. The molecule has 0 aromatic heterocycles. The van der Waals surface area contributed by atoms with Gasteiger partial charge in [0, 0.05) is 18.2 Å². The molecule has 0 aliphatic heterocycles. The number of rotatable bonds is 3. The number of anilines is 1. The number of nitrogens with one attached hydrogen (secondary N) is 1. The zero-order valence-corrected chi connectivity index (χ0v) is 10.3. The highest BCUT2D eigenvalue weighted by molar-refractivity contribution is 6.33. The van der Waals surface area contributed by atoms with Crippen molar-refractivity contribution < 1.29 is 9.59 Å². The third-order valence-electron chi connectivity index (χ3n) is 2.18. The van der Waals surface area contributed by atoms with Crippen LogP contribution in [0.2, 0.25) is 0 Å². The standard InChI is InChI=1S/C12H14ClNO2/c1-7-6-10(12(16)8(2)13)4-5-11(7)14-9(3)15/h4-6,8H,1-3H3,(H,14,15). The van der Waals surface area contributed by atoms with Gasteiger partial charge in [-0.2, -0.15) is 0 Å². The number of amides is 1. The van der Waals surface area contributed by atoms with Crippen molar-refractivity contribution in [2.45, 2.75) is 26.1 Å². The first kappa shape index (κ1) is 12.7. The molecule has 1 atom stereocenters. The van der Waals surface area contributed by atoms with Gasteiger partial charge in [0.2, 0.25) is 5.91 Å². The van der Waals surface area contributed by atoms with Gasteiger partial charge < -0.3 is 5.32 Å². The summed E-state index contributed by atoms with van der Waals surface area (Å²) >= 11 is 5.72. The topological polar surface area (TPSA) is 46.2 Å². The minimum Gasteiger partial charge on any atom is -0.326 e. The van der Waals surface area contributed by atoms with E-state index in [0.717, 1.165) is 5.56 Å². The second-order valence-corrected chi connectivity index (χ2v) is 4.35. The van der Waals surface area contributed by atoms with E-state index < -0.39 is 5.38 Å². The van der Waals surface area contributed by atoms with Gasteiger partial charge in [-0.3, -0.25) is 9.59 Å². The summed E-state index contributed by atoms with van der Waals surface area (Å²) in [4.78, 5) is 22.5. The van der Waals surface area contributed by atoms with Crippen molar-refractivity contribution in [2.75, 3.05) is 5.32 Å². The average Bonchev–Trinajstić information content (AvgIpc) is 2.19. The SMILES string of the molecule is CC(=O)Nc1ccc(C(=O)C(C)Cl)cc1C. The van der Waals surface area contributed by atoms with E-state index in [2.05, 4.69) is 5.32 Å². The van der Waals surface area contributed by atoms with Crippen LogP contribution in [-0.2, 0) is 4.79 Å². The largest absolute Gasteiger partial charge is 0.326 e. The Labute approximate surface area is 99.8 Å². The van der Waals surface area contributed by atoms with Crippen LogP contribution in [-0.4, -0.2) is 17.1 Å². The second-order valence-electron chi connectivity index (χ2n) is 3.69. The Morgan fingerprint density at radius 2 is 2.00 bits per heavy atom. The minimum absolute atomic E-state index is 0.112. The third kappa shape index (κ3) is 3.07. The van der Waals surface area contributed by atoms with Crippen LogP contribution < -0.4 is 5.32 Å². The highest BCUT2D eigenvalue weighted by Crippen LogP contribution is 2.18. The Bertz CT molecular complexity index is 427. The van der Waals surface area contributed by atoms with Crippen molar-refractivity contribution in [1.29, 1.82) is 0 Å². The summed E-state index contributed by atoms with van der Waals surface area (Å²) < 4.78 is 0. The fraction of sp³-hybridized carbons (Fsp3) is 0.333. The summed E-state index contributed by atoms with van der Waals surface area (Å²) in [5, 5.41) is 2.15. The molecule has 4 heteroatoms. The molecule has 3 nitrogen and oxygen atoms in total. The van der Waals surface area contributed by atoms with Crippen LogP contribution in [0.15, 0.2) is 18.2 Å². The predicted octanol–water partition coefficient (Wildman–Crippen LogP) is 2.76. The Hall–Kier alpha value is -1.35. The maximum atomic E-state index is 11.6. The number of halogens is 1. The van der Waals surface area contributed by atoms with E-state index in [9.17, 15) is 9.59 Å². The van der Waals surface area contributed by atoms with Crippen LogP contribution in [0.4, 0.5) is 5.69 Å². The normalized spacial score (nSPS) is 12.0. The van der Waals surface area contributed by atoms with Crippen LogP contribution in [0.3, 0.4) is 0 Å². The first-order valence-corrected chi connectivity index (χ1v) is 5.42. The quantitative estimate of drug-likeness (QED) is 0.651. The molecular formula is C12H14ClNO2. The smallest absolute Gasteiger partial charge is 0.221 e. The highest BCUT2D eigenvalue weighted by Gasteiger charge is 2.13. The third-order valence-corrected chi connectivity index (χ3v) is 2.38. The molecule has 86 valence electrons. The Morgan fingerprint density at radius 1 is 1.38 bits per heavy atom. The fourth-order valence-corrected chi connectivity index (χ4v) is 1.50. The lowest BCUT2D eigenvalue weighted by Crippen LogP contribution is -2.12. The number of alkyl halides is 1. The van der Waals surface area contributed by atoms with Gasteiger partial charge >= 0.3 is 0 Å². The molecule has 0 spiro atoms. The molecule has 0 fully saturated rings. The van der Waals surface area contributed by atoms with E-state index in [1.165, 1.54) is 6.92 Å². The summed E-state index contributed by atoms with van der Waals surface area (Å²) in [6.45, 7) is 4.92. The van der Waals surface area contributed by atoms with E-state index in [0.29, 0.717) is 11.3 Å². The number of ketones is 1. The molecule has 1 aromatic rings. The van der Waals surface area contributed by atoms with Gasteiger partial charge in [0.25, 0.3) is 0 Å². The molecule has 0 aliphatic rings. The molecular weight excluding hydrogens is 226 g/mol. The number of aryl methyl sites for hydroxylation is 1. The van der Waals surface area contributed by atoms with Gasteiger partial charge in [-0.15, -0.1) is 11.6 Å². The van der Waals surface area contributed by atoms with Crippen LogP contribution in [0, 0.1) is 6.92 Å². The van der Waals surface area contributed by atoms with Gasteiger partial charge in [-0.1, -0.05) is 0 Å². The molecule has 0 heterocycles. The van der Waals surface area contributed by atoms with Crippen molar-refractivity contribution >= 4 is 29.0 Å². The van der Waals surface area contributed by atoms with E-state index >= 15 is 0 Å². The van der Waals surface area contributed by atoms with Crippen molar-refractivity contribution in [3.63, 3.8) is 0 Å². The second kappa shape index (κ2) is 5.12. The zero-order valence-electron chi connectivity index (χ0n) is 9.50. The Balaban J connectivity index is 2.99. The molecule has 16 heavy (non-hydrogen) atoms. The van der Waals surface area contributed by atoms with Crippen LogP contribution in [0.25, 0.3) is 0 Å².